The van der Waals surface area contributed by atoms with Crippen LogP contribution >= 0.6 is 0 Å². The van der Waals surface area contributed by atoms with Crippen molar-refractivity contribution in [1.82, 2.24) is 4.98 Å². The normalized spacial score (nSPS) is 12.4. The van der Waals surface area contributed by atoms with Gasteiger partial charge in [0.05, 0.1) is 5.69 Å². The summed E-state index contributed by atoms with van der Waals surface area (Å²) in [6.07, 6.45) is 2.15. The molecule has 1 unspecified atom stereocenters. The maximum Gasteiger partial charge on any atom is 0.121 e. The highest BCUT2D eigenvalue weighted by Crippen LogP contribution is 2.20. The van der Waals surface area contributed by atoms with E-state index in [2.05, 4.69) is 11.9 Å². The van der Waals surface area contributed by atoms with Crippen molar-refractivity contribution in [3.05, 3.63) is 65.0 Å². The SMILES string of the molecule is CCc1ccc(C(O)c2ccc(C)cn2)cc1. The van der Waals surface area contributed by atoms with Crippen molar-refractivity contribution in [1.29, 1.82) is 0 Å². The molecular weight excluding hydrogens is 210 g/mol. The molecule has 0 saturated carbocycles. The maximum absolute atomic E-state index is 10.2. The number of pyridine rings is 1. The zero-order chi connectivity index (χ0) is 12.3. The average Bonchev–Trinajstić information content (AvgIpc) is 2.39. The van der Waals surface area contributed by atoms with Gasteiger partial charge in [0.1, 0.15) is 6.10 Å². The topological polar surface area (TPSA) is 33.1 Å². The van der Waals surface area contributed by atoms with E-state index in [1.165, 1.54) is 5.56 Å². The lowest BCUT2D eigenvalue weighted by Crippen LogP contribution is -2.02. The Labute approximate surface area is 102 Å². The molecule has 1 N–H and O–H groups in total. The molecule has 0 fully saturated rings. The minimum atomic E-state index is -0.637. The Bertz CT molecular complexity index is 473. The van der Waals surface area contributed by atoms with Crippen LogP contribution in [0.25, 0.3) is 0 Å². The van der Waals surface area contributed by atoms with E-state index in [9.17, 15) is 5.11 Å². The molecule has 0 aliphatic carbocycles. The lowest BCUT2D eigenvalue weighted by Gasteiger charge is -2.11. The lowest BCUT2D eigenvalue weighted by atomic mass is 10.0. The zero-order valence-corrected chi connectivity index (χ0v) is 10.2. The highest BCUT2D eigenvalue weighted by molar-refractivity contribution is 5.29. The largest absolute Gasteiger partial charge is 0.382 e. The third-order valence-electron chi connectivity index (χ3n) is 2.92. The second-order valence-electron chi connectivity index (χ2n) is 4.26. The van der Waals surface area contributed by atoms with Gasteiger partial charge in [-0.25, -0.2) is 0 Å². The van der Waals surface area contributed by atoms with Gasteiger partial charge in [-0.1, -0.05) is 37.3 Å². The van der Waals surface area contributed by atoms with Crippen molar-refractivity contribution in [2.75, 3.05) is 0 Å². The molecule has 0 bridgehead atoms. The Morgan fingerprint density at radius 2 is 1.82 bits per heavy atom. The van der Waals surface area contributed by atoms with E-state index in [0.717, 1.165) is 17.5 Å². The summed E-state index contributed by atoms with van der Waals surface area (Å²) in [4.78, 5) is 4.25. The second-order valence-corrected chi connectivity index (χ2v) is 4.26. The van der Waals surface area contributed by atoms with Crippen molar-refractivity contribution in [3.63, 3.8) is 0 Å². The third kappa shape index (κ3) is 2.71. The van der Waals surface area contributed by atoms with Crippen LogP contribution in [0, 0.1) is 6.92 Å². The van der Waals surface area contributed by atoms with E-state index in [1.807, 2.05) is 43.3 Å². The molecule has 1 aromatic carbocycles. The predicted octanol–water partition coefficient (Wildman–Crippen LogP) is 3.03. The highest BCUT2D eigenvalue weighted by Gasteiger charge is 2.10. The quantitative estimate of drug-likeness (QED) is 0.874. The Morgan fingerprint density at radius 1 is 1.12 bits per heavy atom. The third-order valence-corrected chi connectivity index (χ3v) is 2.92. The van der Waals surface area contributed by atoms with Crippen molar-refractivity contribution >= 4 is 0 Å². The molecule has 0 aliphatic rings. The summed E-state index contributed by atoms with van der Waals surface area (Å²) < 4.78 is 0. The first-order valence-corrected chi connectivity index (χ1v) is 5.90. The predicted molar refractivity (Wildman–Crippen MR) is 68.9 cm³/mol. The maximum atomic E-state index is 10.2. The van der Waals surface area contributed by atoms with E-state index in [0.29, 0.717) is 5.69 Å². The Kier molecular flexibility index (Phi) is 3.55. The number of aryl methyl sites for hydroxylation is 2. The Balaban J connectivity index is 2.23. The summed E-state index contributed by atoms with van der Waals surface area (Å²) in [6, 6.07) is 11.9. The number of nitrogens with zero attached hydrogens (tertiary/aromatic N) is 1. The summed E-state index contributed by atoms with van der Waals surface area (Å²) in [6.45, 7) is 4.10. The van der Waals surface area contributed by atoms with Crippen LogP contribution in [0.1, 0.15) is 35.4 Å². The molecule has 88 valence electrons. The van der Waals surface area contributed by atoms with Crippen LogP contribution in [0.4, 0.5) is 0 Å². The minimum absolute atomic E-state index is 0.637. The first kappa shape index (κ1) is 11.8. The molecule has 2 heteroatoms. The molecule has 0 spiro atoms. The van der Waals surface area contributed by atoms with Crippen LogP contribution in [0.2, 0.25) is 0 Å². The molecule has 17 heavy (non-hydrogen) atoms. The fourth-order valence-electron chi connectivity index (χ4n) is 1.75. The molecule has 1 atom stereocenters. The van der Waals surface area contributed by atoms with Crippen LogP contribution in [0.3, 0.4) is 0 Å². The van der Waals surface area contributed by atoms with Gasteiger partial charge in [-0.15, -0.1) is 0 Å². The van der Waals surface area contributed by atoms with E-state index in [1.54, 1.807) is 6.20 Å². The lowest BCUT2D eigenvalue weighted by molar-refractivity contribution is 0.215. The summed E-state index contributed by atoms with van der Waals surface area (Å²) in [7, 11) is 0. The van der Waals surface area contributed by atoms with Crippen molar-refractivity contribution in [2.24, 2.45) is 0 Å². The van der Waals surface area contributed by atoms with Crippen molar-refractivity contribution in [2.45, 2.75) is 26.4 Å². The van der Waals surface area contributed by atoms with Gasteiger partial charge in [0.2, 0.25) is 0 Å². The van der Waals surface area contributed by atoms with Gasteiger partial charge in [-0.2, -0.15) is 0 Å². The van der Waals surface area contributed by atoms with Crippen molar-refractivity contribution < 1.29 is 5.11 Å². The highest BCUT2D eigenvalue weighted by atomic mass is 16.3. The van der Waals surface area contributed by atoms with Crippen LogP contribution < -0.4 is 0 Å². The van der Waals surface area contributed by atoms with E-state index in [4.69, 9.17) is 0 Å². The van der Waals surface area contributed by atoms with Crippen LogP contribution in [0.5, 0.6) is 0 Å². The van der Waals surface area contributed by atoms with Gasteiger partial charge in [0.25, 0.3) is 0 Å². The number of hydrogen-bond donors (Lipinski definition) is 1. The first-order chi connectivity index (χ1) is 8.20. The van der Waals surface area contributed by atoms with Gasteiger partial charge < -0.3 is 5.11 Å². The van der Waals surface area contributed by atoms with E-state index < -0.39 is 6.10 Å². The molecule has 0 amide bonds. The van der Waals surface area contributed by atoms with E-state index >= 15 is 0 Å². The Hall–Kier alpha value is -1.67. The van der Waals surface area contributed by atoms with Crippen LogP contribution in [-0.2, 0) is 6.42 Å². The molecule has 2 aromatic rings. The number of aliphatic hydroxyl groups is 1. The summed E-state index contributed by atoms with van der Waals surface area (Å²) >= 11 is 0. The molecule has 0 saturated heterocycles. The van der Waals surface area contributed by atoms with Gasteiger partial charge in [-0.05, 0) is 36.1 Å². The number of hydrogen-bond acceptors (Lipinski definition) is 2. The molecule has 2 rings (SSSR count). The monoisotopic (exact) mass is 227 g/mol. The van der Waals surface area contributed by atoms with Gasteiger partial charge in [-0.3, -0.25) is 4.98 Å². The standard InChI is InChI=1S/C15H17NO/c1-3-12-5-7-13(8-6-12)15(17)14-9-4-11(2)10-16-14/h4-10,15,17H,3H2,1-2H3. The fraction of sp³-hybridized carbons (Fsp3) is 0.267. The molecular formula is C15H17NO. The van der Waals surface area contributed by atoms with Crippen molar-refractivity contribution in [3.8, 4) is 0 Å². The summed E-state index contributed by atoms with van der Waals surface area (Å²) in [5.41, 5.74) is 3.96. The molecule has 2 nitrogen and oxygen atoms in total. The number of benzene rings is 1. The summed E-state index contributed by atoms with van der Waals surface area (Å²) in [5.74, 6) is 0. The molecule has 0 aliphatic heterocycles. The van der Waals surface area contributed by atoms with Crippen LogP contribution in [-0.4, -0.2) is 10.1 Å². The van der Waals surface area contributed by atoms with Crippen LogP contribution in [0.15, 0.2) is 42.6 Å². The zero-order valence-electron chi connectivity index (χ0n) is 10.2. The van der Waals surface area contributed by atoms with Gasteiger partial charge in [0, 0.05) is 6.20 Å². The summed E-state index contributed by atoms with van der Waals surface area (Å²) in [5, 5.41) is 10.2. The number of rotatable bonds is 3. The number of aromatic nitrogens is 1. The smallest absolute Gasteiger partial charge is 0.121 e. The van der Waals surface area contributed by atoms with Gasteiger partial charge in [0.15, 0.2) is 0 Å². The average molecular weight is 227 g/mol. The minimum Gasteiger partial charge on any atom is -0.382 e. The molecule has 0 radical (unpaired) electrons. The van der Waals surface area contributed by atoms with Gasteiger partial charge >= 0.3 is 0 Å². The fourth-order valence-corrected chi connectivity index (χ4v) is 1.75. The van der Waals surface area contributed by atoms with E-state index in [-0.39, 0.29) is 0 Å². The second kappa shape index (κ2) is 5.11. The Morgan fingerprint density at radius 3 is 2.35 bits per heavy atom. The number of aliphatic hydroxyl groups excluding tert-OH is 1. The first-order valence-electron chi connectivity index (χ1n) is 5.90. The molecule has 1 aromatic heterocycles. The molecule has 1 heterocycles.